The fourth-order valence-corrected chi connectivity index (χ4v) is 1.98. The predicted molar refractivity (Wildman–Crippen MR) is 67.6 cm³/mol. The van der Waals surface area contributed by atoms with Gasteiger partial charge in [0.1, 0.15) is 17.3 Å². The third kappa shape index (κ3) is 1.64. The highest BCUT2D eigenvalue weighted by molar-refractivity contribution is 5.76. The van der Waals surface area contributed by atoms with Crippen molar-refractivity contribution in [2.75, 3.05) is 7.11 Å². The monoisotopic (exact) mass is 243 g/mol. The highest BCUT2D eigenvalue weighted by Gasteiger charge is 2.12. The lowest BCUT2D eigenvalue weighted by atomic mass is 10.2. The molecular formula is C13H13N3O2. The van der Waals surface area contributed by atoms with E-state index in [2.05, 4.69) is 15.0 Å². The van der Waals surface area contributed by atoms with Gasteiger partial charge in [0.2, 0.25) is 5.88 Å². The molecule has 3 aromatic rings. The van der Waals surface area contributed by atoms with Gasteiger partial charge in [-0.05, 0) is 26.0 Å². The minimum absolute atomic E-state index is 0.556. The zero-order chi connectivity index (χ0) is 12.7. The number of imidazole rings is 1. The number of rotatable bonds is 2. The summed E-state index contributed by atoms with van der Waals surface area (Å²) in [5.41, 5.74) is 2.48. The first-order valence-electron chi connectivity index (χ1n) is 5.65. The van der Waals surface area contributed by atoms with Crippen molar-refractivity contribution in [3.63, 3.8) is 0 Å². The molecule has 0 aromatic carbocycles. The summed E-state index contributed by atoms with van der Waals surface area (Å²) in [6.07, 6.45) is 0. The Morgan fingerprint density at radius 3 is 2.72 bits per heavy atom. The van der Waals surface area contributed by atoms with E-state index in [4.69, 9.17) is 9.15 Å². The van der Waals surface area contributed by atoms with E-state index < -0.39 is 0 Å². The van der Waals surface area contributed by atoms with Crippen LogP contribution in [0, 0.1) is 13.8 Å². The Balaban J connectivity index is 2.16. The van der Waals surface area contributed by atoms with E-state index in [-0.39, 0.29) is 0 Å². The van der Waals surface area contributed by atoms with Crippen LogP contribution >= 0.6 is 0 Å². The first kappa shape index (κ1) is 10.8. The molecule has 18 heavy (non-hydrogen) atoms. The van der Waals surface area contributed by atoms with Gasteiger partial charge in [-0.25, -0.2) is 4.98 Å². The Morgan fingerprint density at radius 2 is 2.06 bits per heavy atom. The zero-order valence-corrected chi connectivity index (χ0v) is 10.4. The number of fused-ring (bicyclic) bond motifs is 1. The number of pyridine rings is 1. The number of nitrogens with zero attached hydrogens (tertiary/aromatic N) is 2. The molecule has 3 aromatic heterocycles. The van der Waals surface area contributed by atoms with Crippen LogP contribution in [-0.2, 0) is 0 Å². The van der Waals surface area contributed by atoms with Gasteiger partial charge in [0.15, 0.2) is 5.65 Å². The van der Waals surface area contributed by atoms with Crippen molar-refractivity contribution in [3.8, 4) is 17.3 Å². The second-order valence-corrected chi connectivity index (χ2v) is 4.14. The van der Waals surface area contributed by atoms with E-state index in [1.807, 2.05) is 26.0 Å². The summed E-state index contributed by atoms with van der Waals surface area (Å²) in [5.74, 6) is 3.03. The zero-order valence-electron chi connectivity index (χ0n) is 10.4. The Hall–Kier alpha value is -2.30. The average Bonchev–Trinajstić information content (AvgIpc) is 2.90. The van der Waals surface area contributed by atoms with Crippen molar-refractivity contribution in [1.29, 1.82) is 0 Å². The molecule has 0 bridgehead atoms. The van der Waals surface area contributed by atoms with E-state index in [0.717, 1.165) is 28.4 Å². The van der Waals surface area contributed by atoms with E-state index in [1.165, 1.54) is 0 Å². The topological polar surface area (TPSA) is 63.9 Å². The van der Waals surface area contributed by atoms with Gasteiger partial charge < -0.3 is 14.1 Å². The van der Waals surface area contributed by atoms with Crippen LogP contribution in [0.4, 0.5) is 0 Å². The number of aryl methyl sites for hydroxylation is 2. The smallest absolute Gasteiger partial charge is 0.215 e. The van der Waals surface area contributed by atoms with Crippen LogP contribution in [0.2, 0.25) is 0 Å². The molecule has 92 valence electrons. The fraction of sp³-hybridized carbons (Fsp3) is 0.231. The van der Waals surface area contributed by atoms with Crippen molar-refractivity contribution in [1.82, 2.24) is 15.0 Å². The predicted octanol–water partition coefficient (Wildman–Crippen LogP) is 2.84. The Kier molecular flexibility index (Phi) is 2.33. The van der Waals surface area contributed by atoms with Gasteiger partial charge in [0.25, 0.3) is 0 Å². The standard InChI is InChI=1S/C13H13N3O2/c1-7-6-9(8(2)18-7)12-14-10-4-5-11(17-3)15-13(10)16-12/h4-6H,1-3H3,(H,14,15,16). The third-order valence-electron chi connectivity index (χ3n) is 2.83. The largest absolute Gasteiger partial charge is 0.481 e. The number of hydrogen-bond acceptors (Lipinski definition) is 4. The molecule has 0 amide bonds. The summed E-state index contributed by atoms with van der Waals surface area (Å²) in [4.78, 5) is 12.0. The van der Waals surface area contributed by atoms with Crippen LogP contribution in [0.1, 0.15) is 11.5 Å². The second kappa shape index (κ2) is 3.87. The molecule has 3 rings (SSSR count). The summed E-state index contributed by atoms with van der Waals surface area (Å²) in [6.45, 7) is 3.84. The molecule has 0 fully saturated rings. The highest BCUT2D eigenvalue weighted by atomic mass is 16.5. The minimum Gasteiger partial charge on any atom is -0.481 e. The van der Waals surface area contributed by atoms with Crippen LogP contribution in [0.15, 0.2) is 22.6 Å². The molecule has 3 heterocycles. The van der Waals surface area contributed by atoms with Crippen molar-refractivity contribution >= 4 is 11.2 Å². The maximum absolute atomic E-state index is 5.50. The summed E-state index contributed by atoms with van der Waals surface area (Å²) >= 11 is 0. The molecule has 5 heteroatoms. The molecule has 0 aliphatic rings. The van der Waals surface area contributed by atoms with Crippen molar-refractivity contribution in [3.05, 3.63) is 29.7 Å². The second-order valence-electron chi connectivity index (χ2n) is 4.14. The van der Waals surface area contributed by atoms with Crippen LogP contribution in [0.25, 0.3) is 22.6 Å². The average molecular weight is 243 g/mol. The molecule has 0 aliphatic carbocycles. The van der Waals surface area contributed by atoms with Crippen molar-refractivity contribution < 1.29 is 9.15 Å². The Bertz CT molecular complexity index is 712. The van der Waals surface area contributed by atoms with Gasteiger partial charge in [-0.1, -0.05) is 0 Å². The molecule has 0 spiro atoms. The van der Waals surface area contributed by atoms with Gasteiger partial charge in [-0.3, -0.25) is 0 Å². The Labute approximate surface area is 104 Å². The molecule has 0 saturated heterocycles. The Morgan fingerprint density at radius 1 is 1.22 bits per heavy atom. The van der Waals surface area contributed by atoms with Gasteiger partial charge in [0, 0.05) is 6.07 Å². The molecule has 0 radical (unpaired) electrons. The minimum atomic E-state index is 0.556. The number of ether oxygens (including phenoxy) is 1. The number of nitrogens with one attached hydrogen (secondary N) is 1. The van der Waals surface area contributed by atoms with Gasteiger partial charge >= 0.3 is 0 Å². The van der Waals surface area contributed by atoms with E-state index in [9.17, 15) is 0 Å². The summed E-state index contributed by atoms with van der Waals surface area (Å²) in [6, 6.07) is 5.67. The molecule has 0 aliphatic heterocycles. The number of H-pyrrole nitrogens is 1. The number of methoxy groups -OCH3 is 1. The number of hydrogen-bond donors (Lipinski definition) is 1. The molecule has 0 atom stereocenters. The van der Waals surface area contributed by atoms with Gasteiger partial charge in [-0.15, -0.1) is 0 Å². The van der Waals surface area contributed by atoms with E-state index >= 15 is 0 Å². The number of furan rings is 1. The van der Waals surface area contributed by atoms with Gasteiger partial charge in [0.05, 0.1) is 18.2 Å². The lowest BCUT2D eigenvalue weighted by Gasteiger charge is -1.95. The summed E-state index contributed by atoms with van der Waals surface area (Å²) in [5, 5.41) is 0. The van der Waals surface area contributed by atoms with Crippen LogP contribution < -0.4 is 4.74 Å². The number of aromatic amines is 1. The fourth-order valence-electron chi connectivity index (χ4n) is 1.98. The van der Waals surface area contributed by atoms with E-state index in [0.29, 0.717) is 11.5 Å². The first-order chi connectivity index (χ1) is 8.67. The van der Waals surface area contributed by atoms with Crippen LogP contribution in [0.5, 0.6) is 5.88 Å². The molecule has 5 nitrogen and oxygen atoms in total. The molecular weight excluding hydrogens is 230 g/mol. The number of aromatic nitrogens is 3. The van der Waals surface area contributed by atoms with Crippen LogP contribution in [0.3, 0.4) is 0 Å². The summed E-state index contributed by atoms with van der Waals surface area (Å²) in [7, 11) is 1.59. The maximum Gasteiger partial charge on any atom is 0.215 e. The highest BCUT2D eigenvalue weighted by Crippen LogP contribution is 2.26. The van der Waals surface area contributed by atoms with Crippen molar-refractivity contribution in [2.45, 2.75) is 13.8 Å². The maximum atomic E-state index is 5.50. The van der Waals surface area contributed by atoms with Gasteiger partial charge in [-0.2, -0.15) is 4.98 Å². The summed E-state index contributed by atoms with van der Waals surface area (Å²) < 4.78 is 10.6. The first-order valence-corrected chi connectivity index (χ1v) is 5.65. The lowest BCUT2D eigenvalue weighted by Crippen LogP contribution is -1.86. The third-order valence-corrected chi connectivity index (χ3v) is 2.83. The molecule has 0 unspecified atom stereocenters. The van der Waals surface area contributed by atoms with E-state index in [1.54, 1.807) is 13.2 Å². The molecule has 0 saturated carbocycles. The SMILES string of the molecule is COc1ccc2[nH]c(-c3cc(C)oc3C)nc2n1. The molecule has 1 N–H and O–H groups in total. The van der Waals surface area contributed by atoms with Crippen molar-refractivity contribution in [2.24, 2.45) is 0 Å². The van der Waals surface area contributed by atoms with Crippen LogP contribution in [-0.4, -0.2) is 22.1 Å². The lowest BCUT2D eigenvalue weighted by molar-refractivity contribution is 0.399. The quantitative estimate of drug-likeness (QED) is 0.751. The normalized spacial score (nSPS) is 11.1.